The molecule has 3 aliphatic heterocycles. The maximum atomic E-state index is 13.9. The maximum absolute atomic E-state index is 13.9. The number of ether oxygens (including phenoxy) is 5. The van der Waals surface area contributed by atoms with E-state index < -0.39 is 138 Å². The number of carbonyl (C=O) groups excluding carboxylic acids is 6. The third-order valence-corrected chi connectivity index (χ3v) is 21.6. The topological polar surface area (TPSA) is 463 Å². The number of sulfonamides is 2. The van der Waals surface area contributed by atoms with Crippen LogP contribution >= 0.6 is 34.8 Å². The number of benzene rings is 1. The fourth-order valence-corrected chi connectivity index (χ4v) is 14.7. The van der Waals surface area contributed by atoms with Gasteiger partial charge in [-0.3, -0.25) is 42.9 Å². The van der Waals surface area contributed by atoms with Crippen molar-refractivity contribution in [2.75, 3.05) is 26.8 Å². The van der Waals surface area contributed by atoms with Crippen LogP contribution in [-0.2, 0) is 58.2 Å². The second-order valence-corrected chi connectivity index (χ2v) is 34.6. The number of aromatic nitrogens is 9. The summed E-state index contributed by atoms with van der Waals surface area (Å²) in [6.07, 6.45) is 6.83. The molecule has 112 heavy (non-hydrogen) atoms. The van der Waals surface area contributed by atoms with Gasteiger partial charge in [0.2, 0.25) is 54.2 Å². The number of amides is 5. The van der Waals surface area contributed by atoms with E-state index in [2.05, 4.69) is 62.8 Å². The fourth-order valence-electron chi connectivity index (χ4n) is 11.4. The van der Waals surface area contributed by atoms with E-state index >= 15 is 0 Å². The zero-order chi connectivity index (χ0) is 82.5. The number of carboxylic acids is 2. The minimum Gasteiger partial charge on any atom is -1.00 e. The molecule has 3 saturated heterocycles. The molecule has 12 rings (SSSR count). The Morgan fingerprint density at radius 1 is 0.652 bits per heavy atom. The van der Waals surface area contributed by atoms with Crippen molar-refractivity contribution >= 4 is 114 Å². The van der Waals surface area contributed by atoms with Gasteiger partial charge in [-0.15, -0.1) is 18.3 Å². The number of rotatable bonds is 19. The van der Waals surface area contributed by atoms with Crippen molar-refractivity contribution in [3.05, 3.63) is 102 Å². The summed E-state index contributed by atoms with van der Waals surface area (Å²) in [4.78, 5) is 132. The SMILES string of the molecule is C.C=CC1CC1(C)C(=O)NS(=O)(=O)C1CC1.C=CC1CC1(CC(=O)[C@@H]1C[C@@H](Oc2ccnc(On3nnc4ccccc43)n2)CN1C(=O)OC(C)(C)C)C(=O)NS(=O)(=O)C1CC1.CC(C)(C)OC(=O)N1C[C@H](O)C[C@H]1C(=O)O.CC(C)(C)OC(=O)N1C[C@H](Oc2ccnc(Cl)n2)C[C@H]1C(=O)O.Clc1ccnc(Cl)n1.[2H]CF.[H-].[Na+]. The Morgan fingerprint density at radius 3 is 1.54 bits per heavy atom. The Labute approximate surface area is 688 Å². The smallest absolute Gasteiger partial charge is 1.00 e. The fraction of sp³-hybridized carbons (Fsp3) is 0.571. The standard InChI is InChI=1S/C30H35N7O8S.C14H18ClN3O5.C10H17NO5.C10H15NO3S.C4H2Cl2N2.CH3F.CH4.Na.H/c1-5-18-15-30(18,26(39)34-46(41,42)20-10-11-20)16-24(38)23-14-19(17-36(23)28(40)44-29(2,3)4)43-25-12-13-31-27(32-25)45-37-22-9-7-6-8-21(22)33-35-37;1-14(2,3)23-13(21)18-7-8(6-9(18)11(19)20)22-10-4-5-16-12(15)17-10;1-10(2,3)16-9(15)11-5-6(12)4-7(11)8(13)14;1-3-7-6-10(7,2)9(12)11-15(13,14)8-4-5-8;5-3-1-2-7-4(6)8-3;1-2;;;/h5-9,12-13,18-20,23H,1,10-11,14-17H2,2-4H3,(H,34,39);4-5,8-9H,6-7H2,1-3H3,(H,19,20);6-7,12H,4-5H2,1-3H3,(H,13,14);3,7-8H,1,4-6H2,2H3,(H,11,12);1-2H;1H3;1H4;;/q;;;;;;;+1;-1/t18?,19-,23+,30?;8-,9+;6-,7+;;;;;;/m111....../s1/i;;;;;1D;;;. The Bertz CT molecular complexity index is 4460. The second kappa shape index (κ2) is 39.2. The molecule has 0 spiro atoms. The van der Waals surface area contributed by atoms with Gasteiger partial charge in [-0.05, 0) is 159 Å². The molecule has 5 N–H and O–H groups in total. The largest absolute Gasteiger partial charge is 1.00 e. The molecule has 0 radical (unpaired) electrons. The number of allylic oxidation sites excluding steroid dienone is 2. The van der Waals surface area contributed by atoms with E-state index in [1.54, 1.807) is 99.6 Å². The number of aliphatic hydroxyl groups is 1. The summed E-state index contributed by atoms with van der Waals surface area (Å²) >= 11 is 16.4. The predicted molar refractivity (Wildman–Crippen MR) is 401 cm³/mol. The Balaban J connectivity index is 0.000000335. The first-order valence-corrected chi connectivity index (χ1v) is 38.6. The van der Waals surface area contributed by atoms with Crippen molar-refractivity contribution in [1.82, 2.24) is 69.2 Å². The van der Waals surface area contributed by atoms with Crippen molar-refractivity contribution in [2.45, 2.75) is 205 Å². The summed E-state index contributed by atoms with van der Waals surface area (Å²) < 4.78 is 95.5. The number of nitrogens with zero attached hydrogens (tertiary/aromatic N) is 12. The summed E-state index contributed by atoms with van der Waals surface area (Å²) in [6, 6.07) is 8.71. The number of hydrogen-bond acceptors (Lipinski definition) is 27. The Hall–Kier alpha value is -8.24. The van der Waals surface area contributed by atoms with Crippen LogP contribution in [0, 0.1) is 22.7 Å². The number of carbonyl (C=O) groups is 8. The number of halogens is 4. The first-order chi connectivity index (χ1) is 51.7. The molecule has 5 aromatic rings. The average Bonchev–Trinajstić information content (AvgIpc) is 1.55. The molecule has 35 nitrogen and oxygen atoms in total. The van der Waals surface area contributed by atoms with Gasteiger partial charge in [0.1, 0.15) is 57.3 Å². The van der Waals surface area contributed by atoms with E-state index in [1.165, 1.54) is 40.5 Å². The van der Waals surface area contributed by atoms with Gasteiger partial charge in [-0.25, -0.2) is 60.7 Å². The Kier molecular flexibility index (Phi) is 32.4. The molecule has 7 fully saturated rings. The molecule has 5 amide bonds. The van der Waals surface area contributed by atoms with E-state index in [9.17, 15) is 69.8 Å². The van der Waals surface area contributed by atoms with E-state index in [4.69, 9.17) is 69.8 Å². The molecule has 10 atom stereocenters. The molecule has 4 unspecified atom stereocenters. The molecule has 1 aromatic carbocycles. The van der Waals surface area contributed by atoms with Gasteiger partial charge >= 0.3 is 65.8 Å². The zero-order valence-electron chi connectivity index (χ0n) is 64.9. The molecular weight excluding hydrogens is 1590 g/mol. The van der Waals surface area contributed by atoms with Crippen molar-refractivity contribution < 1.29 is 136 Å². The Morgan fingerprint density at radius 2 is 1.10 bits per heavy atom. The number of Topliss-reactive ketones (excluding diaryl/α,β-unsaturated/α-hetero) is 1. The number of nitrogens with one attached hydrogen (secondary N) is 2. The predicted octanol–water partition coefficient (Wildman–Crippen LogP) is 5.92. The number of likely N-dealkylation sites (tertiary alicyclic amines) is 3. The van der Waals surface area contributed by atoms with Crippen LogP contribution in [0.5, 0.6) is 17.8 Å². The maximum Gasteiger partial charge on any atom is 1.00 e. The monoisotopic (exact) mass is 1680 g/mol. The van der Waals surface area contributed by atoms with E-state index in [0.29, 0.717) is 48.3 Å². The van der Waals surface area contributed by atoms with Crippen LogP contribution < -0.4 is 53.3 Å². The van der Waals surface area contributed by atoms with Gasteiger partial charge in [0.05, 0.1) is 61.6 Å². The molecule has 4 saturated carbocycles. The number of para-hydroxylation sites is 1. The van der Waals surface area contributed by atoms with Crippen molar-refractivity contribution in [3.63, 3.8) is 0 Å². The first kappa shape index (κ1) is 92.6. The van der Waals surface area contributed by atoms with E-state index in [-0.39, 0.29) is 141 Å². The summed E-state index contributed by atoms with van der Waals surface area (Å²) in [5.41, 5.74) is -2.81. The second-order valence-electron chi connectivity index (χ2n) is 29.7. The van der Waals surface area contributed by atoms with Gasteiger partial charge in [0.15, 0.2) is 5.78 Å². The minimum absolute atomic E-state index is 0. The number of fused-ring (bicyclic) bond motifs is 1. The van der Waals surface area contributed by atoms with Gasteiger partial charge in [-0.1, -0.05) is 55.1 Å². The molecule has 7 aliphatic rings. The number of alkyl halides is 1. The number of aliphatic hydroxyl groups excluding tert-OH is 1. The number of hydrogen-bond donors (Lipinski definition) is 5. The summed E-state index contributed by atoms with van der Waals surface area (Å²) in [6.45, 7) is 24.6. The van der Waals surface area contributed by atoms with Crippen LogP contribution in [-0.4, -0.2) is 230 Å². The van der Waals surface area contributed by atoms with Crippen LogP contribution in [0.4, 0.5) is 18.8 Å². The number of aliphatic carboxylic acids is 2. The number of ketones is 1. The molecular formula is C70H95Cl3FN14NaO21S2. The zero-order valence-corrected chi connectivity index (χ0v) is 68.8. The third-order valence-electron chi connectivity index (χ3n) is 17.4. The van der Waals surface area contributed by atoms with Crippen LogP contribution in [0.2, 0.25) is 15.7 Å². The van der Waals surface area contributed by atoms with Crippen LogP contribution in [0.1, 0.15) is 144 Å². The van der Waals surface area contributed by atoms with Gasteiger partial charge in [0.25, 0.3) is 0 Å². The van der Waals surface area contributed by atoms with Crippen molar-refractivity contribution in [2.24, 2.45) is 22.7 Å². The molecule has 4 aromatic heterocycles. The first-order valence-electron chi connectivity index (χ1n) is 35.1. The van der Waals surface area contributed by atoms with Crippen molar-refractivity contribution in [3.8, 4) is 17.8 Å². The summed E-state index contributed by atoms with van der Waals surface area (Å²) in [5.74, 6) is -3.64. The molecule has 4 aliphatic carbocycles. The van der Waals surface area contributed by atoms with Gasteiger partial charge in [0, 0.05) is 56.4 Å². The van der Waals surface area contributed by atoms with Crippen LogP contribution in [0.3, 0.4) is 0 Å². The van der Waals surface area contributed by atoms with E-state index in [0.717, 1.165) is 9.80 Å². The average molecular weight is 1680 g/mol. The third kappa shape index (κ3) is 27.0. The molecule has 612 valence electrons. The quantitative estimate of drug-likeness (QED) is 0.0210. The summed E-state index contributed by atoms with van der Waals surface area (Å²) in [7, 11) is -8.21. The molecule has 0 bridgehead atoms. The van der Waals surface area contributed by atoms with Gasteiger partial charge in [-0.2, -0.15) is 9.97 Å². The van der Waals surface area contributed by atoms with E-state index in [1.807, 2.05) is 12.1 Å². The summed E-state index contributed by atoms with van der Waals surface area (Å²) in [5, 5.41) is 35.2. The number of β-amino-alcohol motifs (C(OH)–C–C–N with tert-alkyl or cyclic N) is 1. The van der Waals surface area contributed by atoms with Crippen molar-refractivity contribution in [1.29, 1.82) is 0 Å². The molecule has 42 heteroatoms. The van der Waals surface area contributed by atoms with Crippen LogP contribution in [0.25, 0.3) is 11.0 Å². The van der Waals surface area contributed by atoms with Crippen LogP contribution in [0.15, 0.2) is 86.4 Å². The normalized spacial score (nSPS) is 23.5. The minimum atomic E-state index is -3.82. The molecule has 7 heterocycles. The van der Waals surface area contributed by atoms with Gasteiger partial charge < -0.3 is 45.3 Å². The number of carboxylic acid groups (broad SMARTS) is 2.